The summed E-state index contributed by atoms with van der Waals surface area (Å²) in [6.07, 6.45) is 7.98. The lowest BCUT2D eigenvalue weighted by Gasteiger charge is -2.37. The van der Waals surface area contributed by atoms with Gasteiger partial charge in [0, 0.05) is 99.0 Å². The zero-order valence-electron chi connectivity index (χ0n) is 62.2. The van der Waals surface area contributed by atoms with Crippen molar-refractivity contribution in [2.75, 3.05) is 47.6 Å². The minimum absolute atomic E-state index is 0.0133. The molecule has 0 aliphatic carbocycles. The number of likely N-dealkylation sites (tertiary alicyclic amines) is 2. The second kappa shape index (κ2) is 34.7. The molecule has 5 aromatic rings. The summed E-state index contributed by atoms with van der Waals surface area (Å²) < 4.78 is 62.9. The first kappa shape index (κ1) is 78.0. The zero-order valence-corrected chi connectivity index (χ0v) is 63.1. The molecule has 26 nitrogen and oxygen atoms in total. The molecule has 0 saturated carbocycles. The number of hydrogen-bond donors (Lipinski definition) is 8. The first-order valence-electron chi connectivity index (χ1n) is 37.8. The van der Waals surface area contributed by atoms with Gasteiger partial charge in [-0.05, 0) is 155 Å². The van der Waals surface area contributed by atoms with Gasteiger partial charge in [0.15, 0.2) is 11.4 Å². The van der Waals surface area contributed by atoms with E-state index in [-0.39, 0.29) is 133 Å². The summed E-state index contributed by atoms with van der Waals surface area (Å²) in [6.45, 7) is 7.76. The van der Waals surface area contributed by atoms with Gasteiger partial charge in [0.2, 0.25) is 29.5 Å². The molecule has 7 aliphatic heterocycles. The number of Topliss-reactive ketones (excluding diaryl/α,β-unsaturated/α-hetero) is 1. The summed E-state index contributed by atoms with van der Waals surface area (Å²) in [6, 6.07) is 30.3. The number of phosphoric ester groups is 1. The minimum atomic E-state index is -4.55. The third-order valence-electron chi connectivity index (χ3n) is 22.2. The van der Waals surface area contributed by atoms with Gasteiger partial charge in [-0.1, -0.05) is 87.5 Å². The quantitative estimate of drug-likeness (QED) is 0.0164. The number of ketones is 1. The second-order valence-corrected chi connectivity index (χ2v) is 31.9. The van der Waals surface area contributed by atoms with Crippen molar-refractivity contribution < 1.29 is 80.5 Å². The number of esters is 1. The van der Waals surface area contributed by atoms with Crippen LogP contribution in [0.15, 0.2) is 127 Å². The lowest BCUT2D eigenvalue weighted by Crippen LogP contribution is -2.61. The van der Waals surface area contributed by atoms with Gasteiger partial charge >= 0.3 is 13.8 Å². The van der Waals surface area contributed by atoms with Crippen LogP contribution in [0.1, 0.15) is 128 Å². The smallest absolute Gasteiger partial charge is 0.508 e. The van der Waals surface area contributed by atoms with E-state index >= 15 is 14.4 Å². The number of ether oxygens (including phenoxy) is 5. The molecular formula is C80H104N9O17P. The number of carbonyl (C=O) groups is 7. The molecule has 5 aromatic carbocycles. The number of carbonyl (C=O) groups excluding carboxylic acids is 7. The Labute approximate surface area is 626 Å². The van der Waals surface area contributed by atoms with E-state index in [9.17, 15) is 28.8 Å². The van der Waals surface area contributed by atoms with Crippen molar-refractivity contribution in [3.05, 3.63) is 144 Å². The van der Waals surface area contributed by atoms with E-state index in [1.165, 1.54) is 21.1 Å². The van der Waals surface area contributed by atoms with Gasteiger partial charge in [0.1, 0.15) is 71.4 Å². The largest absolute Gasteiger partial charge is 0.587 e. The molecule has 0 aromatic heterocycles. The molecule has 7 heterocycles. The third kappa shape index (κ3) is 18.7. The van der Waals surface area contributed by atoms with E-state index in [1.54, 1.807) is 148 Å². The summed E-state index contributed by atoms with van der Waals surface area (Å²) >= 11 is 0. The number of phenolic OH excluding ortho intramolecular Hbond substituents is 1. The fraction of sp³-hybridized carbons (Fsp3) is 0.537. The van der Waals surface area contributed by atoms with Crippen LogP contribution < -0.4 is 60.5 Å². The monoisotopic (exact) mass is 1490 g/mol. The molecule has 15 atom stereocenters. The first-order chi connectivity index (χ1) is 51.5. The molecule has 107 heavy (non-hydrogen) atoms. The summed E-state index contributed by atoms with van der Waals surface area (Å²) in [5.41, 5.74) is -0.795. The number of rotatable bonds is 30. The van der Waals surface area contributed by atoms with E-state index in [0.29, 0.717) is 37.1 Å². The number of para-hydroxylation sites is 2. The van der Waals surface area contributed by atoms with Crippen molar-refractivity contribution >= 4 is 49.1 Å². The Balaban J connectivity index is 0.751. The molecule has 576 valence electrons. The molecule has 0 radical (unpaired) electrons. The Kier molecular flexibility index (Phi) is 25.3. The van der Waals surface area contributed by atoms with E-state index in [1.807, 2.05) is 17.0 Å². The Bertz CT molecular complexity index is 3920. The number of phenols is 1. The number of hydrogen-bond acceptors (Lipinski definition) is 21. The van der Waals surface area contributed by atoms with E-state index in [0.717, 1.165) is 69.0 Å². The van der Waals surface area contributed by atoms with E-state index in [2.05, 4.69) is 37.2 Å². The standard InChI is InChI=1S/C80H104N9O17P/c1-49(90)82-65(44-50-22-27-53(91)28-23-50)75(94)88-42-15-21-68(88)62-35-33-60(84-62)61-34-37-64(85-61)73(92)86-66(45-51-24-29-54(99-5)30-25-51)76(95)89-69(63-36-32-59(83-63)58-20-14-41-81-58)38-39-70(89)74(93)87-67(77(96)101-7)46-52-26-31-57(47-71(52)100-6)102-48-80(78(97)79(2,3)4)72(40-43-103-80)106-107(98,104-55-16-10-8-11-17-55)105-56-18-12-9-13-19-56/h8-13,16-19,22-31,47,58-70,72,81,83-85,91H,14-15,20-21,32-46,48H2,1-7H3,(H,82,90)(H,86,92)(H,87,93)/t58?,59?,60?,61?,62?,63?,64?,65-,66-,67-,68?,69?,70?,72?,80?/m0/s1. The lowest BCUT2D eigenvalue weighted by atomic mass is 9.78. The molecule has 0 bridgehead atoms. The van der Waals surface area contributed by atoms with E-state index in [4.69, 9.17) is 37.3 Å². The number of amides is 5. The minimum Gasteiger partial charge on any atom is -0.508 e. The maximum atomic E-state index is 16.1. The highest BCUT2D eigenvalue weighted by atomic mass is 31.2. The molecule has 5 amide bonds. The number of aromatic hydroxyl groups is 1. The Morgan fingerprint density at radius 2 is 1.20 bits per heavy atom. The summed E-state index contributed by atoms with van der Waals surface area (Å²) in [4.78, 5) is 106. The molecule has 7 fully saturated rings. The average Bonchev–Trinajstić information content (AvgIpc) is 1.70. The van der Waals surface area contributed by atoms with Crippen LogP contribution in [0, 0.1) is 5.41 Å². The van der Waals surface area contributed by atoms with Crippen LogP contribution >= 0.6 is 7.82 Å². The van der Waals surface area contributed by atoms with Crippen molar-refractivity contribution in [1.82, 2.24) is 47.0 Å². The molecule has 8 N–H and O–H groups in total. The molecule has 7 saturated heterocycles. The van der Waals surface area contributed by atoms with Crippen LogP contribution in [0.4, 0.5) is 0 Å². The van der Waals surface area contributed by atoms with Crippen molar-refractivity contribution in [2.24, 2.45) is 5.41 Å². The topological polar surface area (TPSA) is 321 Å². The Morgan fingerprint density at radius 1 is 0.598 bits per heavy atom. The van der Waals surface area contributed by atoms with Crippen LogP contribution in [0.2, 0.25) is 0 Å². The van der Waals surface area contributed by atoms with E-state index < -0.39 is 85.6 Å². The highest BCUT2D eigenvalue weighted by Crippen LogP contribution is 2.54. The number of nitrogens with zero attached hydrogens (tertiary/aromatic N) is 2. The Hall–Kier alpha value is -8.62. The van der Waals surface area contributed by atoms with Gasteiger partial charge in [0.05, 0.1) is 34.0 Å². The fourth-order valence-corrected chi connectivity index (χ4v) is 18.4. The number of methoxy groups -OCH3 is 3. The lowest BCUT2D eigenvalue weighted by molar-refractivity contribution is -0.159. The fourth-order valence-electron chi connectivity index (χ4n) is 16.9. The molecule has 7 aliphatic rings. The summed E-state index contributed by atoms with van der Waals surface area (Å²) in [5, 5.41) is 34.0. The molecule has 27 heteroatoms. The van der Waals surface area contributed by atoms with Crippen LogP contribution in [-0.2, 0) is 71.4 Å². The van der Waals surface area contributed by atoms with Gasteiger partial charge in [0.25, 0.3) is 0 Å². The molecular weight excluding hydrogens is 1390 g/mol. The normalized spacial score (nSPS) is 26.6. The zero-order chi connectivity index (χ0) is 75.6. The SMILES string of the molecule is COC(=O)[C@H](Cc1ccc(OCC2(C(=O)C(C)(C)C)OCCC2OP(=O)(Oc2ccccc2)Oc2ccccc2)cc1OC)NC(=O)C1CCC(C2CCC(C3CCCN3)N2)N1C(=O)[C@H](Cc1ccc(OC)cc1)NC(=O)C1CCC(C2CCC(C3CCCN3C(=O)[C@H](Cc3ccc(O)cc3)NC(C)=O)N2)N1. The van der Waals surface area contributed by atoms with Crippen LogP contribution in [0.5, 0.6) is 34.5 Å². The molecule has 12 unspecified atom stereocenters. The summed E-state index contributed by atoms with van der Waals surface area (Å²) in [5.74, 6) is -1.32. The van der Waals surface area contributed by atoms with Gasteiger partial charge < -0.3 is 84.9 Å². The third-order valence-corrected chi connectivity index (χ3v) is 23.6. The molecule has 12 rings (SSSR count). The van der Waals surface area contributed by atoms with Crippen LogP contribution in [0.3, 0.4) is 0 Å². The second-order valence-electron chi connectivity index (χ2n) is 30.4. The van der Waals surface area contributed by atoms with Gasteiger partial charge in [-0.2, -0.15) is 0 Å². The van der Waals surface area contributed by atoms with Crippen molar-refractivity contribution in [2.45, 2.75) is 221 Å². The van der Waals surface area contributed by atoms with Crippen molar-refractivity contribution in [3.8, 4) is 34.5 Å². The highest BCUT2D eigenvalue weighted by Gasteiger charge is 2.59. The average molecular weight is 1490 g/mol. The van der Waals surface area contributed by atoms with Crippen LogP contribution in [-0.4, -0.2) is 194 Å². The van der Waals surface area contributed by atoms with Gasteiger partial charge in [-0.15, -0.1) is 0 Å². The molecule has 0 spiro atoms. The first-order valence-corrected chi connectivity index (χ1v) is 39.2. The maximum absolute atomic E-state index is 16.1. The van der Waals surface area contributed by atoms with Crippen LogP contribution in [0.25, 0.3) is 0 Å². The summed E-state index contributed by atoms with van der Waals surface area (Å²) in [7, 11) is -0.304. The maximum Gasteiger partial charge on any atom is 0.587 e. The van der Waals surface area contributed by atoms with Crippen molar-refractivity contribution in [3.63, 3.8) is 0 Å². The number of nitrogens with one attached hydrogen (secondary N) is 7. The highest BCUT2D eigenvalue weighted by molar-refractivity contribution is 7.49. The van der Waals surface area contributed by atoms with Crippen molar-refractivity contribution in [1.29, 1.82) is 0 Å². The van der Waals surface area contributed by atoms with Gasteiger partial charge in [-0.25, -0.2) is 9.36 Å². The number of benzene rings is 5. The number of phosphoric acid groups is 1. The van der Waals surface area contributed by atoms with Gasteiger partial charge in [-0.3, -0.25) is 33.3 Å². The predicted molar refractivity (Wildman–Crippen MR) is 398 cm³/mol. The predicted octanol–water partition coefficient (Wildman–Crippen LogP) is 7.35. The Morgan fingerprint density at radius 3 is 1.81 bits per heavy atom.